The highest BCUT2D eigenvalue weighted by Gasteiger charge is 2.07. The molecule has 0 unspecified atom stereocenters. The molecule has 0 amide bonds. The first-order valence-electron chi connectivity index (χ1n) is 5.70. The Labute approximate surface area is 113 Å². The van der Waals surface area contributed by atoms with Crippen LogP contribution in [0.4, 0.5) is 0 Å². The van der Waals surface area contributed by atoms with Gasteiger partial charge in [-0.15, -0.1) is 5.10 Å². The summed E-state index contributed by atoms with van der Waals surface area (Å²) in [5.74, 6) is 1.79. The molecule has 0 N–H and O–H groups in total. The molecule has 2 heterocycles. The van der Waals surface area contributed by atoms with E-state index in [4.69, 9.17) is 4.52 Å². The lowest BCUT2D eigenvalue weighted by atomic mass is 10.3. The smallest absolute Gasteiger partial charge is 0.237 e. The number of nitrogens with zero attached hydrogens (tertiary/aromatic N) is 5. The zero-order valence-corrected chi connectivity index (χ0v) is 11.0. The van der Waals surface area contributed by atoms with Crippen molar-refractivity contribution in [3.05, 3.63) is 48.4 Å². The fraction of sp³-hybridized carbons (Fsp3) is 0.167. The third-order valence-corrected chi connectivity index (χ3v) is 3.22. The molecule has 0 saturated heterocycles. The molecule has 0 aliphatic rings. The maximum atomic E-state index is 5.03. The Balaban J connectivity index is 1.68. The van der Waals surface area contributed by atoms with Crippen molar-refractivity contribution < 1.29 is 4.52 Å². The summed E-state index contributed by atoms with van der Waals surface area (Å²) in [5.41, 5.74) is 0.982. The summed E-state index contributed by atoms with van der Waals surface area (Å²) >= 11 is 1.46. The number of rotatable bonds is 4. The molecule has 7 heteroatoms. The van der Waals surface area contributed by atoms with Crippen LogP contribution < -0.4 is 0 Å². The van der Waals surface area contributed by atoms with Crippen molar-refractivity contribution in [3.8, 4) is 5.69 Å². The van der Waals surface area contributed by atoms with Crippen molar-refractivity contribution in [1.29, 1.82) is 0 Å². The van der Waals surface area contributed by atoms with Crippen molar-refractivity contribution in [2.45, 2.75) is 17.8 Å². The molecular weight excluding hydrogens is 262 g/mol. The van der Waals surface area contributed by atoms with Crippen LogP contribution in [-0.2, 0) is 5.75 Å². The second-order valence-electron chi connectivity index (χ2n) is 3.83. The van der Waals surface area contributed by atoms with Crippen LogP contribution in [0.1, 0.15) is 11.7 Å². The van der Waals surface area contributed by atoms with Gasteiger partial charge in [-0.05, 0) is 19.1 Å². The monoisotopic (exact) mass is 273 g/mol. The summed E-state index contributed by atoms with van der Waals surface area (Å²) in [6.45, 7) is 1.79. The second kappa shape index (κ2) is 5.23. The fourth-order valence-electron chi connectivity index (χ4n) is 1.54. The Morgan fingerprint density at radius 3 is 2.84 bits per heavy atom. The van der Waals surface area contributed by atoms with Crippen molar-refractivity contribution in [1.82, 2.24) is 24.9 Å². The molecule has 0 saturated carbocycles. The van der Waals surface area contributed by atoms with Crippen LogP contribution >= 0.6 is 11.8 Å². The van der Waals surface area contributed by atoms with Gasteiger partial charge in [-0.25, -0.2) is 9.67 Å². The maximum absolute atomic E-state index is 5.03. The van der Waals surface area contributed by atoms with E-state index in [1.165, 1.54) is 11.8 Å². The second-order valence-corrected chi connectivity index (χ2v) is 4.77. The summed E-state index contributed by atoms with van der Waals surface area (Å²) in [5, 5.41) is 8.80. The molecule has 19 heavy (non-hydrogen) atoms. The Morgan fingerprint density at radius 2 is 2.11 bits per heavy atom. The van der Waals surface area contributed by atoms with Crippen LogP contribution in [-0.4, -0.2) is 24.9 Å². The van der Waals surface area contributed by atoms with Crippen molar-refractivity contribution in [3.63, 3.8) is 0 Å². The molecule has 0 spiro atoms. The highest BCUT2D eigenvalue weighted by Crippen LogP contribution is 2.18. The number of hydrogen-bond donors (Lipinski definition) is 0. The van der Waals surface area contributed by atoms with Crippen LogP contribution in [0.2, 0.25) is 0 Å². The molecule has 6 nitrogen and oxygen atoms in total. The third kappa shape index (κ3) is 2.82. The molecule has 0 aliphatic heterocycles. The number of hydrogen-bond acceptors (Lipinski definition) is 6. The summed E-state index contributed by atoms with van der Waals surface area (Å²) in [6, 6.07) is 9.85. The molecule has 3 rings (SSSR count). The standard InChI is InChI=1S/C12H11N5OS/c1-9-14-11(18-16-9)7-19-12-13-8-17(15-12)10-5-3-2-4-6-10/h2-6,8H,7H2,1H3. The van der Waals surface area contributed by atoms with Gasteiger partial charge < -0.3 is 4.52 Å². The van der Waals surface area contributed by atoms with Gasteiger partial charge in [0, 0.05) is 0 Å². The predicted octanol–water partition coefficient (Wildman–Crippen LogP) is 2.25. The highest BCUT2D eigenvalue weighted by atomic mass is 32.2. The molecule has 1 aromatic carbocycles. The van der Waals surface area contributed by atoms with E-state index in [-0.39, 0.29) is 0 Å². The van der Waals surface area contributed by atoms with Crippen LogP contribution in [0.25, 0.3) is 5.69 Å². The number of benzene rings is 1. The topological polar surface area (TPSA) is 69.6 Å². The minimum atomic E-state index is 0.569. The number of aryl methyl sites for hydroxylation is 1. The highest BCUT2D eigenvalue weighted by molar-refractivity contribution is 7.98. The van der Waals surface area contributed by atoms with Crippen molar-refractivity contribution in [2.24, 2.45) is 0 Å². The Hall–Kier alpha value is -2.15. The van der Waals surface area contributed by atoms with Gasteiger partial charge >= 0.3 is 0 Å². The van der Waals surface area contributed by atoms with E-state index in [0.29, 0.717) is 22.6 Å². The van der Waals surface area contributed by atoms with Crippen molar-refractivity contribution in [2.75, 3.05) is 0 Å². The van der Waals surface area contributed by atoms with Gasteiger partial charge in [-0.3, -0.25) is 0 Å². The first-order valence-corrected chi connectivity index (χ1v) is 6.69. The van der Waals surface area contributed by atoms with E-state index >= 15 is 0 Å². The zero-order valence-electron chi connectivity index (χ0n) is 10.2. The van der Waals surface area contributed by atoms with E-state index in [1.807, 2.05) is 30.3 Å². The first-order chi connectivity index (χ1) is 9.31. The Bertz CT molecular complexity index is 664. The minimum absolute atomic E-state index is 0.569. The lowest BCUT2D eigenvalue weighted by Gasteiger charge is -1.97. The van der Waals surface area contributed by atoms with Gasteiger partial charge in [0.05, 0.1) is 11.4 Å². The van der Waals surface area contributed by atoms with E-state index in [1.54, 1.807) is 17.9 Å². The lowest BCUT2D eigenvalue weighted by molar-refractivity contribution is 0.387. The minimum Gasteiger partial charge on any atom is -0.338 e. The fourth-order valence-corrected chi connectivity index (χ4v) is 2.18. The normalized spacial score (nSPS) is 10.8. The van der Waals surface area contributed by atoms with Gasteiger partial charge in [-0.1, -0.05) is 35.1 Å². The number of para-hydroxylation sites is 1. The molecule has 0 atom stereocenters. The average Bonchev–Trinajstić information content (AvgIpc) is 3.06. The van der Waals surface area contributed by atoms with Crippen molar-refractivity contribution >= 4 is 11.8 Å². The lowest BCUT2D eigenvalue weighted by Crippen LogP contribution is -1.93. The molecule has 0 radical (unpaired) electrons. The summed E-state index contributed by atoms with van der Waals surface area (Å²) in [4.78, 5) is 8.37. The van der Waals surface area contributed by atoms with Crippen LogP contribution in [0.3, 0.4) is 0 Å². The molecule has 0 bridgehead atoms. The third-order valence-electron chi connectivity index (χ3n) is 2.39. The first kappa shape index (κ1) is 11.9. The quantitative estimate of drug-likeness (QED) is 0.679. The Morgan fingerprint density at radius 1 is 1.26 bits per heavy atom. The molecule has 3 aromatic rings. The largest absolute Gasteiger partial charge is 0.338 e. The van der Waals surface area contributed by atoms with E-state index in [2.05, 4.69) is 20.2 Å². The number of thioether (sulfide) groups is 1. The van der Waals surface area contributed by atoms with Gasteiger partial charge in [-0.2, -0.15) is 4.98 Å². The van der Waals surface area contributed by atoms with E-state index in [9.17, 15) is 0 Å². The van der Waals surface area contributed by atoms with Gasteiger partial charge in [0.15, 0.2) is 5.82 Å². The van der Waals surface area contributed by atoms with Crippen LogP contribution in [0.15, 0.2) is 46.3 Å². The summed E-state index contributed by atoms with van der Waals surface area (Å²) in [6.07, 6.45) is 1.69. The maximum Gasteiger partial charge on any atom is 0.237 e. The van der Waals surface area contributed by atoms with Gasteiger partial charge in [0.25, 0.3) is 0 Å². The zero-order chi connectivity index (χ0) is 13.1. The molecule has 0 aliphatic carbocycles. The van der Waals surface area contributed by atoms with E-state index < -0.39 is 0 Å². The van der Waals surface area contributed by atoms with Gasteiger partial charge in [0.1, 0.15) is 6.33 Å². The average molecular weight is 273 g/mol. The predicted molar refractivity (Wildman–Crippen MR) is 70.0 cm³/mol. The van der Waals surface area contributed by atoms with E-state index in [0.717, 1.165) is 5.69 Å². The van der Waals surface area contributed by atoms with Crippen LogP contribution in [0.5, 0.6) is 0 Å². The molecule has 2 aromatic heterocycles. The summed E-state index contributed by atoms with van der Waals surface area (Å²) in [7, 11) is 0. The SMILES string of the molecule is Cc1noc(CSc2ncn(-c3ccccc3)n2)n1. The van der Waals surface area contributed by atoms with Crippen LogP contribution in [0, 0.1) is 6.92 Å². The Kier molecular flexibility index (Phi) is 3.28. The number of aromatic nitrogens is 5. The molecular formula is C12H11N5OS. The molecule has 96 valence electrons. The summed E-state index contributed by atoms with van der Waals surface area (Å²) < 4.78 is 6.77. The molecule has 0 fully saturated rings. The van der Waals surface area contributed by atoms with Gasteiger partial charge in [0.2, 0.25) is 11.0 Å².